The molecule has 2 aromatic carbocycles. The maximum absolute atomic E-state index is 12.1. The zero-order chi connectivity index (χ0) is 15.5. The van der Waals surface area contributed by atoms with Crippen molar-refractivity contribution in [3.8, 4) is 0 Å². The van der Waals surface area contributed by atoms with E-state index in [0.29, 0.717) is 28.3 Å². The van der Waals surface area contributed by atoms with E-state index in [1.165, 1.54) is 10.5 Å². The number of hydrogen-bond acceptors (Lipinski definition) is 2. The van der Waals surface area contributed by atoms with E-state index < -0.39 is 0 Å². The predicted molar refractivity (Wildman–Crippen MR) is 88.1 cm³/mol. The predicted octanol–water partition coefficient (Wildman–Crippen LogP) is 1.79. The molecule has 0 aliphatic carbocycles. The van der Waals surface area contributed by atoms with Gasteiger partial charge in [-0.15, -0.1) is 0 Å². The second-order valence-electron chi connectivity index (χ2n) is 5.47. The van der Waals surface area contributed by atoms with Crippen molar-refractivity contribution < 1.29 is 4.90 Å². The summed E-state index contributed by atoms with van der Waals surface area (Å²) in [6, 6.07) is 15.4. The molecule has 1 heterocycles. The molecule has 3 aromatic rings. The summed E-state index contributed by atoms with van der Waals surface area (Å²) < 4.78 is 0. The van der Waals surface area contributed by atoms with Gasteiger partial charge in [-0.2, -0.15) is 0 Å². The maximum Gasteiger partial charge on any atom is 0.258 e. The molecule has 1 atom stereocenters. The van der Waals surface area contributed by atoms with Crippen molar-refractivity contribution in [2.45, 2.75) is 13.1 Å². The Bertz CT molecular complexity index is 845. The third-order valence-electron chi connectivity index (χ3n) is 3.54. The lowest BCUT2D eigenvalue weighted by molar-refractivity contribution is -0.908. The fourth-order valence-corrected chi connectivity index (χ4v) is 2.70. The summed E-state index contributed by atoms with van der Waals surface area (Å²) in [5.41, 5.74) is 1.77. The van der Waals surface area contributed by atoms with Crippen LogP contribution in [0.4, 0.5) is 0 Å². The zero-order valence-corrected chi connectivity index (χ0v) is 13.0. The number of nitrogens with one attached hydrogen (secondary N) is 2. The van der Waals surface area contributed by atoms with Gasteiger partial charge in [0.05, 0.1) is 18.0 Å². The van der Waals surface area contributed by atoms with Crippen LogP contribution in [0.2, 0.25) is 5.02 Å². The third-order valence-corrected chi connectivity index (χ3v) is 3.77. The largest absolute Gasteiger partial charge is 0.327 e. The fraction of sp³-hybridized carbons (Fsp3) is 0.176. The first-order chi connectivity index (χ1) is 10.6. The van der Waals surface area contributed by atoms with E-state index in [1.807, 2.05) is 18.2 Å². The van der Waals surface area contributed by atoms with Crippen LogP contribution in [0.1, 0.15) is 11.4 Å². The smallest absolute Gasteiger partial charge is 0.258 e. The molecular weight excluding hydrogens is 298 g/mol. The fourth-order valence-electron chi connectivity index (χ4n) is 2.54. The monoisotopic (exact) mass is 314 g/mol. The zero-order valence-electron chi connectivity index (χ0n) is 12.3. The van der Waals surface area contributed by atoms with Gasteiger partial charge in [0.25, 0.3) is 5.56 Å². The van der Waals surface area contributed by atoms with Gasteiger partial charge in [-0.3, -0.25) is 4.79 Å². The van der Waals surface area contributed by atoms with Crippen LogP contribution < -0.4 is 10.5 Å². The van der Waals surface area contributed by atoms with Crippen LogP contribution in [0.5, 0.6) is 0 Å². The van der Waals surface area contributed by atoms with Crippen LogP contribution in [0, 0.1) is 0 Å². The van der Waals surface area contributed by atoms with Gasteiger partial charge >= 0.3 is 0 Å². The molecule has 2 N–H and O–H groups in total. The van der Waals surface area contributed by atoms with E-state index in [4.69, 9.17) is 11.6 Å². The second-order valence-corrected chi connectivity index (χ2v) is 5.91. The van der Waals surface area contributed by atoms with Crippen molar-refractivity contribution >= 4 is 22.5 Å². The summed E-state index contributed by atoms with van der Waals surface area (Å²) in [5, 5.41) is 1.15. The Kier molecular flexibility index (Phi) is 4.22. The van der Waals surface area contributed by atoms with Crippen LogP contribution in [0.15, 0.2) is 53.3 Å². The van der Waals surface area contributed by atoms with Crippen LogP contribution in [-0.2, 0) is 13.1 Å². The summed E-state index contributed by atoms with van der Waals surface area (Å²) in [6.07, 6.45) is 0. The van der Waals surface area contributed by atoms with Crippen molar-refractivity contribution in [1.29, 1.82) is 0 Å². The van der Waals surface area contributed by atoms with E-state index in [-0.39, 0.29) is 5.56 Å². The summed E-state index contributed by atoms with van der Waals surface area (Å²) in [7, 11) is 2.08. The van der Waals surface area contributed by atoms with Gasteiger partial charge in [0.15, 0.2) is 5.82 Å². The number of nitrogens with zero attached hydrogens (tertiary/aromatic N) is 1. The second kappa shape index (κ2) is 6.30. The first-order valence-corrected chi connectivity index (χ1v) is 7.53. The Balaban J connectivity index is 1.83. The standard InChI is InChI=1S/C17H16ClN3O/c1-21(10-12-5-3-2-4-6-12)11-16-19-15-9-13(18)7-8-14(15)17(22)20-16/h2-9H,10-11H2,1H3,(H,19,20,22)/p+1. The molecule has 0 aliphatic heterocycles. The molecule has 5 heteroatoms. The minimum atomic E-state index is -0.121. The minimum Gasteiger partial charge on any atom is -0.327 e. The van der Waals surface area contributed by atoms with E-state index >= 15 is 0 Å². The molecule has 4 nitrogen and oxygen atoms in total. The van der Waals surface area contributed by atoms with Crippen molar-refractivity contribution in [2.75, 3.05) is 7.05 Å². The van der Waals surface area contributed by atoms with Crippen molar-refractivity contribution in [1.82, 2.24) is 9.97 Å². The number of fused-ring (bicyclic) bond motifs is 1. The van der Waals surface area contributed by atoms with E-state index in [1.54, 1.807) is 18.2 Å². The van der Waals surface area contributed by atoms with E-state index in [2.05, 4.69) is 29.1 Å². The molecule has 0 spiro atoms. The first-order valence-electron chi connectivity index (χ1n) is 7.15. The van der Waals surface area contributed by atoms with Gasteiger partial charge < -0.3 is 9.88 Å². The summed E-state index contributed by atoms with van der Waals surface area (Å²) in [6.45, 7) is 1.52. The molecule has 112 valence electrons. The van der Waals surface area contributed by atoms with Gasteiger partial charge in [-0.1, -0.05) is 41.9 Å². The summed E-state index contributed by atoms with van der Waals surface area (Å²) in [4.78, 5) is 20.7. The molecule has 1 aromatic heterocycles. The van der Waals surface area contributed by atoms with Crippen molar-refractivity contribution in [3.05, 3.63) is 75.3 Å². The van der Waals surface area contributed by atoms with Gasteiger partial charge in [0, 0.05) is 10.6 Å². The number of rotatable bonds is 4. The number of H-pyrrole nitrogens is 1. The van der Waals surface area contributed by atoms with Crippen molar-refractivity contribution in [2.24, 2.45) is 0 Å². The molecule has 0 saturated heterocycles. The van der Waals surface area contributed by atoms with E-state index in [0.717, 1.165) is 6.54 Å². The molecule has 1 unspecified atom stereocenters. The van der Waals surface area contributed by atoms with Gasteiger partial charge in [0.1, 0.15) is 13.1 Å². The lowest BCUT2D eigenvalue weighted by Crippen LogP contribution is -3.06. The Morgan fingerprint density at radius 1 is 1.14 bits per heavy atom. The van der Waals surface area contributed by atoms with Crippen molar-refractivity contribution in [3.63, 3.8) is 0 Å². The Morgan fingerprint density at radius 2 is 1.91 bits per heavy atom. The summed E-state index contributed by atoms with van der Waals surface area (Å²) >= 11 is 5.98. The average Bonchev–Trinajstić information content (AvgIpc) is 2.47. The molecule has 0 bridgehead atoms. The molecule has 0 aliphatic rings. The summed E-state index contributed by atoms with van der Waals surface area (Å²) in [5.74, 6) is 0.674. The number of aromatic nitrogens is 2. The average molecular weight is 315 g/mol. The minimum absolute atomic E-state index is 0.121. The van der Waals surface area contributed by atoms with Gasteiger partial charge in [-0.05, 0) is 18.2 Å². The van der Waals surface area contributed by atoms with Crippen LogP contribution in [-0.4, -0.2) is 17.0 Å². The van der Waals surface area contributed by atoms with Crippen LogP contribution in [0.25, 0.3) is 10.9 Å². The number of hydrogen-bond donors (Lipinski definition) is 2. The Hall–Kier alpha value is -2.17. The lowest BCUT2D eigenvalue weighted by Gasteiger charge is -2.13. The molecule has 0 fully saturated rings. The third kappa shape index (κ3) is 3.35. The Labute approximate surface area is 133 Å². The molecule has 22 heavy (non-hydrogen) atoms. The topological polar surface area (TPSA) is 50.2 Å². The quantitative estimate of drug-likeness (QED) is 0.771. The molecule has 0 radical (unpaired) electrons. The van der Waals surface area contributed by atoms with Crippen LogP contribution >= 0.6 is 11.6 Å². The number of aromatic amines is 1. The highest BCUT2D eigenvalue weighted by molar-refractivity contribution is 6.31. The molecule has 3 rings (SSSR count). The highest BCUT2D eigenvalue weighted by atomic mass is 35.5. The highest BCUT2D eigenvalue weighted by Crippen LogP contribution is 2.14. The number of halogens is 1. The number of quaternary nitrogens is 1. The number of benzene rings is 2. The highest BCUT2D eigenvalue weighted by Gasteiger charge is 2.10. The SMILES string of the molecule is C[NH+](Cc1ccccc1)Cc1nc2cc(Cl)ccc2c(=O)[nH]1. The first kappa shape index (κ1) is 14.8. The molecule has 0 saturated carbocycles. The molecular formula is C17H17ClN3O+. The molecule has 0 amide bonds. The van der Waals surface area contributed by atoms with Gasteiger partial charge in [0.2, 0.25) is 0 Å². The van der Waals surface area contributed by atoms with E-state index in [9.17, 15) is 4.79 Å². The normalized spacial score (nSPS) is 12.5. The van der Waals surface area contributed by atoms with Gasteiger partial charge in [-0.25, -0.2) is 4.98 Å². The Morgan fingerprint density at radius 3 is 2.68 bits per heavy atom. The maximum atomic E-state index is 12.1. The van der Waals surface area contributed by atoms with Crippen LogP contribution in [0.3, 0.4) is 0 Å². The lowest BCUT2D eigenvalue weighted by atomic mass is 10.2.